The van der Waals surface area contributed by atoms with E-state index < -0.39 is 11.6 Å². The van der Waals surface area contributed by atoms with E-state index >= 15 is 0 Å². The number of anilines is 5. The lowest BCUT2D eigenvalue weighted by molar-refractivity contribution is 0.555. The molecule has 34 heavy (non-hydrogen) atoms. The minimum atomic E-state index is -0.509. The van der Waals surface area contributed by atoms with E-state index in [0.717, 1.165) is 24.3 Å². The molecule has 2 aliphatic heterocycles. The molecule has 0 bridgehead atoms. The molecule has 172 valence electrons. The summed E-state index contributed by atoms with van der Waals surface area (Å²) in [5, 5.41) is 9.47. The molecule has 0 spiro atoms. The number of aromatic nitrogens is 4. The fourth-order valence-electron chi connectivity index (χ4n) is 4.31. The number of pyridine rings is 1. The number of hydrogen-bond donors (Lipinski definition) is 4. The zero-order valence-corrected chi connectivity index (χ0v) is 18.2. The van der Waals surface area contributed by atoms with E-state index in [1.54, 1.807) is 30.6 Å². The van der Waals surface area contributed by atoms with Crippen LogP contribution in [0.15, 0.2) is 57.6 Å². The molecular weight excluding hydrogens is 439 g/mol. The first-order valence-corrected chi connectivity index (χ1v) is 10.9. The fourth-order valence-corrected chi connectivity index (χ4v) is 4.31. The Morgan fingerprint density at radius 1 is 1.18 bits per heavy atom. The molecule has 0 aliphatic carbocycles. The zero-order valence-electron chi connectivity index (χ0n) is 18.2. The molecule has 1 saturated heterocycles. The molecule has 6 rings (SSSR count). The number of halogens is 1. The third kappa shape index (κ3) is 3.70. The third-order valence-corrected chi connectivity index (χ3v) is 6.02. The Bertz CT molecular complexity index is 1490. The lowest BCUT2D eigenvalue weighted by Gasteiger charge is -2.18. The van der Waals surface area contributed by atoms with E-state index in [1.807, 2.05) is 18.0 Å². The minimum absolute atomic E-state index is 0.298. The van der Waals surface area contributed by atoms with Crippen molar-refractivity contribution in [1.29, 1.82) is 0 Å². The van der Waals surface area contributed by atoms with Gasteiger partial charge in [-0.05, 0) is 36.9 Å². The third-order valence-electron chi connectivity index (χ3n) is 6.02. The van der Waals surface area contributed by atoms with Crippen molar-refractivity contribution >= 4 is 40.1 Å². The van der Waals surface area contributed by atoms with E-state index in [2.05, 4.69) is 35.9 Å². The number of aromatic amines is 1. The molecule has 4 aromatic rings. The SMILES string of the molecule is Cc1cnc(Nc2cnc(N3CC4=CNCC4C3)c(F)c2)nc1Nc1ccc2oc(=O)[nH]c2c1. The van der Waals surface area contributed by atoms with E-state index in [1.165, 1.54) is 11.6 Å². The van der Waals surface area contributed by atoms with Gasteiger partial charge in [0.15, 0.2) is 17.2 Å². The molecule has 4 N–H and O–H groups in total. The van der Waals surface area contributed by atoms with Crippen LogP contribution in [0.3, 0.4) is 0 Å². The number of rotatable bonds is 5. The lowest BCUT2D eigenvalue weighted by Crippen LogP contribution is -2.25. The quantitative estimate of drug-likeness (QED) is 0.355. The first-order valence-electron chi connectivity index (χ1n) is 10.9. The van der Waals surface area contributed by atoms with E-state index in [0.29, 0.717) is 46.8 Å². The Morgan fingerprint density at radius 3 is 2.94 bits per heavy atom. The van der Waals surface area contributed by atoms with Crippen LogP contribution in [0.5, 0.6) is 0 Å². The number of nitrogens with one attached hydrogen (secondary N) is 4. The van der Waals surface area contributed by atoms with Gasteiger partial charge < -0.3 is 25.3 Å². The van der Waals surface area contributed by atoms with Gasteiger partial charge in [0.1, 0.15) is 5.82 Å². The molecule has 1 unspecified atom stereocenters. The fraction of sp³-hybridized carbons (Fsp3) is 0.217. The van der Waals surface area contributed by atoms with E-state index in [9.17, 15) is 9.18 Å². The summed E-state index contributed by atoms with van der Waals surface area (Å²) >= 11 is 0. The van der Waals surface area contributed by atoms with E-state index in [-0.39, 0.29) is 0 Å². The number of fused-ring (bicyclic) bond motifs is 2. The molecule has 11 heteroatoms. The Hall–Kier alpha value is -4.41. The highest BCUT2D eigenvalue weighted by Crippen LogP contribution is 2.31. The standard InChI is InChI=1S/C23H21FN8O2/c1-12-6-27-22(31-20(12)28-15-2-3-19-18(5-15)30-23(33)34-19)29-16-4-17(24)21(26-9-16)32-10-13-7-25-8-14(13)11-32/h2-7,9,14,25H,8,10-11H2,1H3,(H,30,33)(H2,27,28,29,31). The van der Waals surface area contributed by atoms with Crippen LogP contribution in [0.1, 0.15) is 5.56 Å². The average Bonchev–Trinajstić information content (AvgIpc) is 3.50. The summed E-state index contributed by atoms with van der Waals surface area (Å²) in [6.45, 7) is 4.20. The summed E-state index contributed by atoms with van der Waals surface area (Å²) in [4.78, 5) is 29.1. The van der Waals surface area contributed by atoms with Gasteiger partial charge in [0, 0.05) is 49.1 Å². The Morgan fingerprint density at radius 2 is 2.09 bits per heavy atom. The van der Waals surface area contributed by atoms with Gasteiger partial charge in [-0.2, -0.15) is 4.98 Å². The summed E-state index contributed by atoms with van der Waals surface area (Å²) < 4.78 is 19.9. The van der Waals surface area contributed by atoms with Crippen molar-refractivity contribution in [1.82, 2.24) is 25.3 Å². The predicted octanol–water partition coefficient (Wildman–Crippen LogP) is 3.16. The highest BCUT2D eigenvalue weighted by molar-refractivity contribution is 5.78. The number of aryl methyl sites for hydroxylation is 1. The van der Waals surface area contributed by atoms with Gasteiger partial charge in [0.2, 0.25) is 5.95 Å². The molecule has 0 amide bonds. The van der Waals surface area contributed by atoms with Crippen molar-refractivity contribution in [2.24, 2.45) is 5.92 Å². The smallest absolute Gasteiger partial charge is 0.408 e. The van der Waals surface area contributed by atoms with Crippen LogP contribution in [-0.4, -0.2) is 39.6 Å². The number of oxazole rings is 1. The second-order valence-electron chi connectivity index (χ2n) is 8.44. The maximum Gasteiger partial charge on any atom is 0.417 e. The molecule has 3 aromatic heterocycles. The summed E-state index contributed by atoms with van der Waals surface area (Å²) in [6.07, 6.45) is 5.27. The first-order chi connectivity index (χ1) is 16.5. The summed E-state index contributed by atoms with van der Waals surface area (Å²) in [5.41, 5.74) is 4.32. The summed E-state index contributed by atoms with van der Waals surface area (Å²) in [5.74, 6) is 0.725. The molecule has 10 nitrogen and oxygen atoms in total. The molecule has 1 atom stereocenters. The predicted molar refractivity (Wildman–Crippen MR) is 126 cm³/mol. The lowest BCUT2D eigenvalue weighted by atomic mass is 10.1. The maximum absolute atomic E-state index is 14.9. The van der Waals surface area contributed by atoms with E-state index in [4.69, 9.17) is 4.42 Å². The summed E-state index contributed by atoms with van der Waals surface area (Å²) in [7, 11) is 0. The van der Waals surface area contributed by atoms with Crippen LogP contribution >= 0.6 is 0 Å². The van der Waals surface area contributed by atoms with Crippen molar-refractivity contribution in [3.8, 4) is 0 Å². The van der Waals surface area contributed by atoms with Gasteiger partial charge in [-0.3, -0.25) is 4.98 Å². The average molecular weight is 460 g/mol. The van der Waals surface area contributed by atoms with Crippen molar-refractivity contribution in [2.75, 3.05) is 35.2 Å². The van der Waals surface area contributed by atoms with Gasteiger partial charge in [-0.25, -0.2) is 19.2 Å². The van der Waals surface area contributed by atoms with Gasteiger partial charge in [0.05, 0.1) is 17.4 Å². The van der Waals surface area contributed by atoms with Crippen LogP contribution in [0.25, 0.3) is 11.1 Å². The van der Waals surface area contributed by atoms with Crippen LogP contribution in [-0.2, 0) is 0 Å². The molecule has 1 fully saturated rings. The number of nitrogens with zero attached hydrogens (tertiary/aromatic N) is 4. The minimum Gasteiger partial charge on any atom is -0.408 e. The van der Waals surface area contributed by atoms with Crippen molar-refractivity contribution in [3.05, 3.63) is 70.4 Å². The first kappa shape index (κ1) is 20.2. The second kappa shape index (κ2) is 7.87. The van der Waals surface area contributed by atoms with Crippen LogP contribution in [0.2, 0.25) is 0 Å². The van der Waals surface area contributed by atoms with Crippen LogP contribution < -0.4 is 26.6 Å². The Kier molecular flexibility index (Phi) is 4.68. The van der Waals surface area contributed by atoms with Crippen molar-refractivity contribution < 1.29 is 8.81 Å². The molecule has 0 saturated carbocycles. The summed E-state index contributed by atoms with van der Waals surface area (Å²) in [6, 6.07) is 6.64. The number of benzene rings is 1. The van der Waals surface area contributed by atoms with Crippen LogP contribution in [0, 0.1) is 18.7 Å². The number of hydrogen-bond acceptors (Lipinski definition) is 9. The van der Waals surface area contributed by atoms with Gasteiger partial charge in [-0.15, -0.1) is 0 Å². The van der Waals surface area contributed by atoms with Crippen molar-refractivity contribution in [3.63, 3.8) is 0 Å². The Balaban J connectivity index is 1.20. The normalized spacial score (nSPS) is 16.9. The largest absolute Gasteiger partial charge is 0.417 e. The monoisotopic (exact) mass is 460 g/mol. The Labute approximate surface area is 192 Å². The maximum atomic E-state index is 14.9. The highest BCUT2D eigenvalue weighted by atomic mass is 19.1. The highest BCUT2D eigenvalue weighted by Gasteiger charge is 2.32. The topological polar surface area (TPSA) is 124 Å². The van der Waals surface area contributed by atoms with Gasteiger partial charge in [0.25, 0.3) is 0 Å². The van der Waals surface area contributed by atoms with Crippen molar-refractivity contribution in [2.45, 2.75) is 6.92 Å². The van der Waals surface area contributed by atoms with Gasteiger partial charge in [-0.1, -0.05) is 0 Å². The number of H-pyrrole nitrogens is 1. The van der Waals surface area contributed by atoms with Gasteiger partial charge >= 0.3 is 5.76 Å². The molecule has 2 aliphatic rings. The molecular formula is C23H21FN8O2. The second-order valence-corrected chi connectivity index (χ2v) is 8.44. The molecule has 5 heterocycles. The van der Waals surface area contributed by atoms with Crippen LogP contribution in [0.4, 0.5) is 33.3 Å². The molecule has 0 radical (unpaired) electrons. The molecule has 1 aromatic carbocycles. The zero-order chi connectivity index (χ0) is 23.2.